The summed E-state index contributed by atoms with van der Waals surface area (Å²) in [6, 6.07) is 25.6. The lowest BCUT2D eigenvalue weighted by Gasteiger charge is -2.18. The molecule has 1 unspecified atom stereocenters. The Hall–Kier alpha value is -4.84. The van der Waals surface area contributed by atoms with Crippen LogP contribution in [0.4, 0.5) is 9.59 Å². The minimum atomic E-state index is -1.03. The van der Waals surface area contributed by atoms with Gasteiger partial charge in [-0.05, 0) is 28.8 Å². The highest BCUT2D eigenvalue weighted by atomic mass is 16.7. The van der Waals surface area contributed by atoms with E-state index in [9.17, 15) is 14.4 Å². The maximum absolute atomic E-state index is 12.6. The van der Waals surface area contributed by atoms with Crippen LogP contribution in [-0.4, -0.2) is 30.7 Å². The molecule has 0 radical (unpaired) electrons. The number of carbonyl (C=O) groups excluding carboxylic acids is 3. The SMILES string of the molecule is N#CCNC(=O)C(Cc1cccc(OC(=O)OCc2ccccc2)c1)NC(=O)OCc1ccccc1. The lowest BCUT2D eigenvalue weighted by molar-refractivity contribution is -0.122. The van der Waals surface area contributed by atoms with Gasteiger partial charge in [0.25, 0.3) is 0 Å². The van der Waals surface area contributed by atoms with E-state index in [-0.39, 0.29) is 31.9 Å². The first-order valence-corrected chi connectivity index (χ1v) is 11.1. The zero-order valence-corrected chi connectivity index (χ0v) is 19.4. The topological polar surface area (TPSA) is 127 Å². The number of benzene rings is 3. The second-order valence-electron chi connectivity index (χ2n) is 7.61. The van der Waals surface area contributed by atoms with E-state index in [1.165, 1.54) is 0 Å². The molecule has 2 amide bonds. The standard InChI is InChI=1S/C27H25N3O6/c28-14-15-29-25(31)24(30-26(32)34-18-20-8-3-1-4-9-20)17-22-12-7-13-23(16-22)36-27(33)35-19-21-10-5-2-6-11-21/h1-13,16,24H,15,17-19H2,(H,29,31)(H,30,32). The van der Waals surface area contributed by atoms with Gasteiger partial charge in [0.2, 0.25) is 5.91 Å². The summed E-state index contributed by atoms with van der Waals surface area (Å²) in [6.45, 7) is -0.115. The van der Waals surface area contributed by atoms with Gasteiger partial charge in [0, 0.05) is 6.42 Å². The lowest BCUT2D eigenvalue weighted by Crippen LogP contribution is -2.48. The molecule has 0 heterocycles. The van der Waals surface area contributed by atoms with E-state index in [0.29, 0.717) is 5.56 Å². The molecule has 0 saturated heterocycles. The number of nitriles is 1. The van der Waals surface area contributed by atoms with Crippen LogP contribution in [0.25, 0.3) is 0 Å². The average Bonchev–Trinajstić information content (AvgIpc) is 2.90. The molecule has 184 valence electrons. The van der Waals surface area contributed by atoms with Crippen molar-refractivity contribution in [3.05, 3.63) is 102 Å². The van der Waals surface area contributed by atoms with Crippen LogP contribution in [-0.2, 0) is 33.9 Å². The van der Waals surface area contributed by atoms with Crippen LogP contribution >= 0.6 is 0 Å². The van der Waals surface area contributed by atoms with Crippen LogP contribution in [0.1, 0.15) is 16.7 Å². The zero-order chi connectivity index (χ0) is 25.6. The number of ether oxygens (including phenoxy) is 3. The third-order valence-electron chi connectivity index (χ3n) is 4.90. The van der Waals surface area contributed by atoms with Gasteiger partial charge in [0.05, 0.1) is 6.07 Å². The minimum absolute atomic E-state index is 0.0353. The van der Waals surface area contributed by atoms with Gasteiger partial charge in [-0.2, -0.15) is 5.26 Å². The second kappa shape index (κ2) is 13.8. The molecule has 9 heteroatoms. The molecule has 3 aromatic rings. The van der Waals surface area contributed by atoms with Crippen molar-refractivity contribution in [3.63, 3.8) is 0 Å². The smallest absolute Gasteiger partial charge is 0.445 e. The number of rotatable bonds is 10. The molecular formula is C27H25N3O6. The highest BCUT2D eigenvalue weighted by Gasteiger charge is 2.22. The van der Waals surface area contributed by atoms with Crippen LogP contribution in [0.2, 0.25) is 0 Å². The van der Waals surface area contributed by atoms with Gasteiger partial charge in [-0.1, -0.05) is 72.8 Å². The quantitative estimate of drug-likeness (QED) is 0.252. The van der Waals surface area contributed by atoms with Gasteiger partial charge in [-0.25, -0.2) is 9.59 Å². The van der Waals surface area contributed by atoms with Gasteiger partial charge in [-0.15, -0.1) is 0 Å². The van der Waals surface area contributed by atoms with E-state index < -0.39 is 24.2 Å². The second-order valence-corrected chi connectivity index (χ2v) is 7.61. The lowest BCUT2D eigenvalue weighted by atomic mass is 10.0. The largest absolute Gasteiger partial charge is 0.514 e. The number of carbonyl (C=O) groups is 3. The first-order valence-electron chi connectivity index (χ1n) is 11.1. The van der Waals surface area contributed by atoms with E-state index >= 15 is 0 Å². The van der Waals surface area contributed by atoms with E-state index in [1.54, 1.807) is 36.4 Å². The molecule has 2 N–H and O–H groups in total. The van der Waals surface area contributed by atoms with E-state index in [2.05, 4.69) is 10.6 Å². The van der Waals surface area contributed by atoms with Crippen molar-refractivity contribution in [2.45, 2.75) is 25.7 Å². The highest BCUT2D eigenvalue weighted by Crippen LogP contribution is 2.16. The Kier molecular flexibility index (Phi) is 9.86. The number of alkyl carbamates (subject to hydrolysis) is 1. The molecular weight excluding hydrogens is 462 g/mol. The summed E-state index contributed by atoms with van der Waals surface area (Å²) in [7, 11) is 0. The first kappa shape index (κ1) is 25.8. The van der Waals surface area contributed by atoms with E-state index in [1.807, 2.05) is 54.6 Å². The molecule has 1 atom stereocenters. The Balaban J connectivity index is 1.59. The molecule has 3 aromatic carbocycles. The monoisotopic (exact) mass is 487 g/mol. The van der Waals surface area contributed by atoms with Gasteiger partial charge < -0.3 is 24.8 Å². The normalized spacial score (nSPS) is 10.9. The number of hydrogen-bond donors (Lipinski definition) is 2. The Morgan fingerprint density at radius 1 is 0.806 bits per heavy atom. The van der Waals surface area contributed by atoms with Gasteiger partial charge in [0.1, 0.15) is 31.5 Å². The summed E-state index contributed by atoms with van der Waals surface area (Å²) in [5, 5.41) is 13.7. The molecule has 0 bridgehead atoms. The van der Waals surface area contributed by atoms with Crippen LogP contribution < -0.4 is 15.4 Å². The van der Waals surface area contributed by atoms with E-state index in [0.717, 1.165) is 11.1 Å². The van der Waals surface area contributed by atoms with Gasteiger partial charge in [-0.3, -0.25) is 4.79 Å². The van der Waals surface area contributed by atoms with Crippen molar-refractivity contribution < 1.29 is 28.6 Å². The number of amides is 2. The Morgan fingerprint density at radius 3 is 2.06 bits per heavy atom. The third kappa shape index (κ3) is 8.83. The van der Waals surface area contributed by atoms with Crippen molar-refractivity contribution in [2.75, 3.05) is 6.54 Å². The molecule has 0 aromatic heterocycles. The van der Waals surface area contributed by atoms with Crippen LogP contribution in [0.5, 0.6) is 5.75 Å². The summed E-state index contributed by atoms with van der Waals surface area (Å²) in [6.07, 6.45) is -1.59. The summed E-state index contributed by atoms with van der Waals surface area (Å²) < 4.78 is 15.6. The maximum Gasteiger partial charge on any atom is 0.514 e. The van der Waals surface area contributed by atoms with Crippen molar-refractivity contribution >= 4 is 18.2 Å². The molecule has 9 nitrogen and oxygen atoms in total. The third-order valence-corrected chi connectivity index (χ3v) is 4.90. The van der Waals surface area contributed by atoms with Gasteiger partial charge in [0.15, 0.2) is 0 Å². The van der Waals surface area contributed by atoms with Crippen molar-refractivity contribution in [2.24, 2.45) is 0 Å². The maximum atomic E-state index is 12.6. The Labute approximate surface area is 208 Å². The van der Waals surface area contributed by atoms with Gasteiger partial charge >= 0.3 is 12.2 Å². The summed E-state index contributed by atoms with van der Waals surface area (Å²) >= 11 is 0. The molecule has 0 aliphatic heterocycles. The van der Waals surface area contributed by atoms with Crippen molar-refractivity contribution in [1.82, 2.24) is 10.6 Å². The molecule has 0 aliphatic rings. The summed E-state index contributed by atoms with van der Waals surface area (Å²) in [5.74, 6) is -0.338. The molecule has 3 rings (SSSR count). The molecule has 0 spiro atoms. The average molecular weight is 488 g/mol. The van der Waals surface area contributed by atoms with Crippen molar-refractivity contribution in [1.29, 1.82) is 5.26 Å². The fourth-order valence-electron chi connectivity index (χ4n) is 3.18. The molecule has 36 heavy (non-hydrogen) atoms. The first-order chi connectivity index (χ1) is 17.5. The minimum Gasteiger partial charge on any atom is -0.445 e. The fourth-order valence-corrected chi connectivity index (χ4v) is 3.18. The molecule has 0 aliphatic carbocycles. The summed E-state index contributed by atoms with van der Waals surface area (Å²) in [4.78, 5) is 37.0. The predicted molar refractivity (Wildman–Crippen MR) is 130 cm³/mol. The van der Waals surface area contributed by atoms with Crippen LogP contribution in [0.15, 0.2) is 84.9 Å². The van der Waals surface area contributed by atoms with Crippen LogP contribution in [0.3, 0.4) is 0 Å². The van der Waals surface area contributed by atoms with E-state index in [4.69, 9.17) is 19.5 Å². The number of nitrogens with zero attached hydrogens (tertiary/aromatic N) is 1. The van der Waals surface area contributed by atoms with Crippen LogP contribution in [0, 0.1) is 11.3 Å². The Morgan fingerprint density at radius 2 is 1.42 bits per heavy atom. The summed E-state index contributed by atoms with van der Waals surface area (Å²) in [5.41, 5.74) is 2.21. The molecule has 0 fully saturated rings. The zero-order valence-electron chi connectivity index (χ0n) is 19.4. The number of nitrogens with one attached hydrogen (secondary N) is 2. The fraction of sp³-hybridized carbons (Fsp3) is 0.185. The number of hydrogen-bond acceptors (Lipinski definition) is 7. The molecule has 0 saturated carbocycles. The Bertz CT molecular complexity index is 1190. The predicted octanol–water partition coefficient (Wildman–Crippen LogP) is 3.88. The highest BCUT2D eigenvalue weighted by molar-refractivity contribution is 5.86. The van der Waals surface area contributed by atoms with Crippen molar-refractivity contribution in [3.8, 4) is 11.8 Å².